The van der Waals surface area contributed by atoms with Crippen molar-refractivity contribution in [3.8, 4) is 0 Å². The van der Waals surface area contributed by atoms with Crippen molar-refractivity contribution in [1.82, 2.24) is 0 Å². The molecule has 1 heterocycles. The van der Waals surface area contributed by atoms with Crippen LogP contribution in [0.3, 0.4) is 0 Å². The lowest BCUT2D eigenvalue weighted by atomic mass is 9.97. The predicted molar refractivity (Wildman–Crippen MR) is 65.2 cm³/mol. The zero-order valence-electron chi connectivity index (χ0n) is 9.85. The van der Waals surface area contributed by atoms with Crippen molar-refractivity contribution in [3.63, 3.8) is 0 Å². The molecule has 0 spiro atoms. The van der Waals surface area contributed by atoms with Gasteiger partial charge in [-0.15, -0.1) is 0 Å². The standard InChI is InChI=1S/C13H16N2O2/c1-13(9-5-6-9)8-12(16)15(17-13)11-4-2-3-10(14)7-11/h2-4,7,9H,5-6,8,14H2,1H3. The molecule has 1 unspecified atom stereocenters. The smallest absolute Gasteiger partial charge is 0.253 e. The van der Waals surface area contributed by atoms with E-state index in [1.165, 1.54) is 5.06 Å². The second-order valence-corrected chi connectivity index (χ2v) is 5.14. The van der Waals surface area contributed by atoms with Crippen molar-refractivity contribution in [2.75, 3.05) is 10.8 Å². The Bertz CT molecular complexity index is 470. The number of anilines is 2. The molecular formula is C13H16N2O2. The highest BCUT2D eigenvalue weighted by molar-refractivity contribution is 5.94. The SMILES string of the molecule is CC1(C2CC2)CC(=O)N(c2cccc(N)c2)O1. The van der Waals surface area contributed by atoms with Gasteiger partial charge in [-0.2, -0.15) is 5.06 Å². The first-order chi connectivity index (χ1) is 8.08. The number of carbonyl (C=O) groups excluding carboxylic acids is 1. The number of hydroxylamine groups is 1. The number of nitrogens with two attached hydrogens (primary N) is 1. The minimum absolute atomic E-state index is 0.0185. The number of nitrogens with zero attached hydrogens (tertiary/aromatic N) is 1. The summed E-state index contributed by atoms with van der Waals surface area (Å²) in [4.78, 5) is 17.8. The monoisotopic (exact) mass is 232 g/mol. The molecule has 1 amide bonds. The Morgan fingerprint density at radius 3 is 2.88 bits per heavy atom. The molecule has 17 heavy (non-hydrogen) atoms. The fraction of sp³-hybridized carbons (Fsp3) is 0.462. The highest BCUT2D eigenvalue weighted by atomic mass is 16.7. The fourth-order valence-corrected chi connectivity index (χ4v) is 2.42. The van der Waals surface area contributed by atoms with Gasteiger partial charge >= 0.3 is 0 Å². The van der Waals surface area contributed by atoms with Gasteiger partial charge in [0.25, 0.3) is 5.91 Å². The molecule has 0 radical (unpaired) electrons. The van der Waals surface area contributed by atoms with Gasteiger partial charge in [-0.25, -0.2) is 0 Å². The van der Waals surface area contributed by atoms with Gasteiger partial charge in [-0.05, 0) is 43.9 Å². The highest BCUT2D eigenvalue weighted by Gasteiger charge is 2.51. The third-order valence-electron chi connectivity index (χ3n) is 3.57. The molecule has 4 heteroatoms. The number of benzene rings is 1. The van der Waals surface area contributed by atoms with E-state index in [-0.39, 0.29) is 11.5 Å². The van der Waals surface area contributed by atoms with Crippen molar-refractivity contribution in [2.45, 2.75) is 31.8 Å². The molecule has 1 atom stereocenters. The summed E-state index contributed by atoms with van der Waals surface area (Å²) in [5.74, 6) is 0.544. The molecule has 1 saturated heterocycles. The van der Waals surface area contributed by atoms with Crippen molar-refractivity contribution >= 4 is 17.3 Å². The van der Waals surface area contributed by atoms with E-state index in [4.69, 9.17) is 10.6 Å². The predicted octanol–water partition coefficient (Wildman–Crippen LogP) is 2.11. The maximum Gasteiger partial charge on any atom is 0.253 e. The molecule has 2 aliphatic rings. The molecular weight excluding hydrogens is 216 g/mol. The summed E-state index contributed by atoms with van der Waals surface area (Å²) < 4.78 is 0. The average Bonchev–Trinajstić information content (AvgIpc) is 3.06. The number of hydrogen-bond donors (Lipinski definition) is 1. The van der Waals surface area contributed by atoms with Crippen LogP contribution in [0.15, 0.2) is 24.3 Å². The Morgan fingerprint density at radius 2 is 2.24 bits per heavy atom. The van der Waals surface area contributed by atoms with E-state index in [0.717, 1.165) is 18.5 Å². The first kappa shape index (κ1) is 10.6. The maximum atomic E-state index is 12.0. The first-order valence-corrected chi connectivity index (χ1v) is 5.96. The van der Waals surface area contributed by atoms with E-state index in [1.807, 2.05) is 19.1 Å². The maximum absolute atomic E-state index is 12.0. The quantitative estimate of drug-likeness (QED) is 0.794. The van der Waals surface area contributed by atoms with Crippen molar-refractivity contribution < 1.29 is 9.63 Å². The molecule has 1 aromatic rings. The minimum Gasteiger partial charge on any atom is -0.399 e. The largest absolute Gasteiger partial charge is 0.399 e. The Hall–Kier alpha value is -1.55. The molecule has 2 fully saturated rings. The minimum atomic E-state index is -0.318. The van der Waals surface area contributed by atoms with Crippen LogP contribution in [-0.2, 0) is 9.63 Å². The van der Waals surface area contributed by atoms with Gasteiger partial charge in [0.05, 0.1) is 12.1 Å². The lowest BCUT2D eigenvalue weighted by Gasteiger charge is -2.23. The highest BCUT2D eigenvalue weighted by Crippen LogP contribution is 2.47. The summed E-state index contributed by atoms with van der Waals surface area (Å²) in [5, 5.41) is 1.40. The lowest BCUT2D eigenvalue weighted by Crippen LogP contribution is -2.29. The van der Waals surface area contributed by atoms with Crippen LogP contribution in [0.25, 0.3) is 0 Å². The summed E-state index contributed by atoms with van der Waals surface area (Å²) in [6.45, 7) is 2.02. The van der Waals surface area contributed by atoms with Gasteiger partial charge in [-0.1, -0.05) is 6.07 Å². The van der Waals surface area contributed by atoms with Gasteiger partial charge < -0.3 is 5.73 Å². The number of nitrogen functional groups attached to an aromatic ring is 1. The van der Waals surface area contributed by atoms with Crippen LogP contribution in [0.2, 0.25) is 0 Å². The van der Waals surface area contributed by atoms with Crippen LogP contribution >= 0.6 is 0 Å². The van der Waals surface area contributed by atoms with Gasteiger partial charge in [0, 0.05) is 5.69 Å². The Morgan fingerprint density at radius 1 is 1.47 bits per heavy atom. The summed E-state index contributed by atoms with van der Waals surface area (Å²) in [7, 11) is 0. The summed E-state index contributed by atoms with van der Waals surface area (Å²) in [5.41, 5.74) is 6.76. The van der Waals surface area contributed by atoms with Gasteiger partial charge in [-0.3, -0.25) is 9.63 Å². The molecule has 2 N–H and O–H groups in total. The normalized spacial score (nSPS) is 28.8. The second kappa shape index (κ2) is 3.47. The van der Waals surface area contributed by atoms with E-state index in [2.05, 4.69) is 0 Å². The number of rotatable bonds is 2. The molecule has 3 rings (SSSR count). The Kier molecular flexibility index (Phi) is 2.16. The first-order valence-electron chi connectivity index (χ1n) is 5.96. The molecule has 1 aliphatic heterocycles. The summed E-state index contributed by atoms with van der Waals surface area (Å²) >= 11 is 0. The van der Waals surface area contributed by atoms with E-state index in [9.17, 15) is 4.79 Å². The van der Waals surface area contributed by atoms with Gasteiger partial charge in [0.15, 0.2) is 0 Å². The molecule has 0 bridgehead atoms. The lowest BCUT2D eigenvalue weighted by molar-refractivity contribution is -0.119. The Labute approximate surface area is 100 Å². The van der Waals surface area contributed by atoms with Crippen LogP contribution in [0.1, 0.15) is 26.2 Å². The van der Waals surface area contributed by atoms with E-state index in [0.29, 0.717) is 18.0 Å². The second-order valence-electron chi connectivity index (χ2n) is 5.14. The van der Waals surface area contributed by atoms with Crippen molar-refractivity contribution in [2.24, 2.45) is 5.92 Å². The molecule has 4 nitrogen and oxygen atoms in total. The van der Waals surface area contributed by atoms with Crippen molar-refractivity contribution in [1.29, 1.82) is 0 Å². The van der Waals surface area contributed by atoms with E-state index < -0.39 is 0 Å². The topological polar surface area (TPSA) is 55.6 Å². The number of carbonyl (C=O) groups is 1. The summed E-state index contributed by atoms with van der Waals surface area (Å²) in [6.07, 6.45) is 2.79. The molecule has 1 aromatic carbocycles. The average molecular weight is 232 g/mol. The van der Waals surface area contributed by atoms with Crippen molar-refractivity contribution in [3.05, 3.63) is 24.3 Å². The zero-order chi connectivity index (χ0) is 12.0. The number of amides is 1. The Balaban J connectivity index is 1.87. The van der Waals surface area contributed by atoms with Crippen LogP contribution < -0.4 is 10.8 Å². The van der Waals surface area contributed by atoms with Gasteiger partial charge in [0.2, 0.25) is 0 Å². The van der Waals surface area contributed by atoms with Crippen LogP contribution in [0, 0.1) is 5.92 Å². The molecule has 0 aromatic heterocycles. The number of hydrogen-bond acceptors (Lipinski definition) is 3. The van der Waals surface area contributed by atoms with Crippen LogP contribution in [0.5, 0.6) is 0 Å². The summed E-state index contributed by atoms with van der Waals surface area (Å²) in [6, 6.07) is 7.22. The van der Waals surface area contributed by atoms with E-state index in [1.54, 1.807) is 12.1 Å². The van der Waals surface area contributed by atoms with E-state index >= 15 is 0 Å². The van der Waals surface area contributed by atoms with Gasteiger partial charge in [0.1, 0.15) is 5.60 Å². The molecule has 1 aliphatic carbocycles. The zero-order valence-corrected chi connectivity index (χ0v) is 9.85. The van der Waals surface area contributed by atoms with Crippen LogP contribution in [-0.4, -0.2) is 11.5 Å². The third kappa shape index (κ3) is 1.78. The van der Waals surface area contributed by atoms with Crippen LogP contribution in [0.4, 0.5) is 11.4 Å². The third-order valence-corrected chi connectivity index (χ3v) is 3.57. The fourth-order valence-electron chi connectivity index (χ4n) is 2.42. The molecule has 1 saturated carbocycles. The molecule has 90 valence electrons.